The van der Waals surface area contributed by atoms with E-state index in [0.29, 0.717) is 32.4 Å². The average molecular weight is 338 g/mol. The van der Waals surface area contributed by atoms with Gasteiger partial charge in [0.15, 0.2) is 11.6 Å². The van der Waals surface area contributed by atoms with Crippen LogP contribution in [0, 0.1) is 23.5 Å². The Kier molecular flexibility index (Phi) is 4.54. The van der Waals surface area contributed by atoms with Crippen LogP contribution in [-0.2, 0) is 9.59 Å². The van der Waals surface area contributed by atoms with Crippen LogP contribution < -0.4 is 4.90 Å². The number of hydrogen-bond acceptors (Lipinski definition) is 3. The molecule has 1 aromatic carbocycles. The van der Waals surface area contributed by atoms with Crippen molar-refractivity contribution >= 4 is 17.5 Å². The van der Waals surface area contributed by atoms with E-state index in [0.717, 1.165) is 12.1 Å². The first-order chi connectivity index (χ1) is 11.4. The van der Waals surface area contributed by atoms with Gasteiger partial charge in [0.1, 0.15) is 5.92 Å². The highest BCUT2D eigenvalue weighted by Gasteiger charge is 2.40. The fourth-order valence-electron chi connectivity index (χ4n) is 3.41. The Hall–Kier alpha value is -2.02. The summed E-state index contributed by atoms with van der Waals surface area (Å²) in [7, 11) is 1.65. The minimum absolute atomic E-state index is 0.258. The van der Waals surface area contributed by atoms with Crippen LogP contribution in [0.25, 0.3) is 0 Å². The monoisotopic (exact) mass is 338 g/mol. The van der Waals surface area contributed by atoms with Crippen LogP contribution in [0.5, 0.6) is 0 Å². The zero-order valence-electron chi connectivity index (χ0n) is 13.4. The van der Waals surface area contributed by atoms with E-state index in [-0.39, 0.29) is 29.5 Å². The molecule has 5 nitrogen and oxygen atoms in total. The van der Waals surface area contributed by atoms with Crippen LogP contribution in [0.1, 0.15) is 19.3 Å². The molecule has 1 saturated carbocycles. The predicted octanol–water partition coefficient (Wildman–Crippen LogP) is 1.55. The summed E-state index contributed by atoms with van der Waals surface area (Å²) in [6.45, 7) is 0.821. The first-order valence-electron chi connectivity index (χ1n) is 8.06. The molecule has 130 valence electrons. The number of carbonyl (C=O) groups is 2. The van der Waals surface area contributed by atoms with Crippen LogP contribution in [-0.4, -0.2) is 48.1 Å². The summed E-state index contributed by atoms with van der Waals surface area (Å²) in [5.41, 5.74) is 0.263. The van der Waals surface area contributed by atoms with Crippen molar-refractivity contribution in [2.24, 2.45) is 11.8 Å². The van der Waals surface area contributed by atoms with E-state index >= 15 is 0 Å². The molecule has 1 N–H and O–H groups in total. The van der Waals surface area contributed by atoms with Crippen molar-refractivity contribution < 1.29 is 23.5 Å². The van der Waals surface area contributed by atoms with Crippen LogP contribution in [0.15, 0.2) is 18.2 Å². The number of benzene rings is 1. The zero-order chi connectivity index (χ0) is 17.4. The Labute approximate surface area is 138 Å². The molecule has 0 radical (unpaired) electrons. The van der Waals surface area contributed by atoms with E-state index in [4.69, 9.17) is 0 Å². The maximum absolute atomic E-state index is 13.4. The topological polar surface area (TPSA) is 60.9 Å². The summed E-state index contributed by atoms with van der Waals surface area (Å²) < 4.78 is 26.4. The third kappa shape index (κ3) is 3.13. The van der Waals surface area contributed by atoms with Gasteiger partial charge in [0, 0.05) is 31.9 Å². The van der Waals surface area contributed by atoms with Gasteiger partial charge in [-0.2, -0.15) is 0 Å². The predicted molar refractivity (Wildman–Crippen MR) is 83.2 cm³/mol. The lowest BCUT2D eigenvalue weighted by atomic mass is 9.82. The maximum Gasteiger partial charge on any atom is 0.239 e. The van der Waals surface area contributed by atoms with Crippen LogP contribution >= 0.6 is 0 Å². The summed E-state index contributed by atoms with van der Waals surface area (Å²) in [4.78, 5) is 27.8. The third-order valence-electron chi connectivity index (χ3n) is 4.84. The maximum atomic E-state index is 13.4. The molecule has 1 unspecified atom stereocenters. The van der Waals surface area contributed by atoms with Gasteiger partial charge < -0.3 is 14.9 Å². The van der Waals surface area contributed by atoms with Crippen molar-refractivity contribution in [3.05, 3.63) is 29.8 Å². The molecule has 1 saturated heterocycles. The molecule has 1 heterocycles. The van der Waals surface area contributed by atoms with Crippen LogP contribution in [0.2, 0.25) is 0 Å². The number of amides is 2. The lowest BCUT2D eigenvalue weighted by Gasteiger charge is -2.35. The second-order valence-electron chi connectivity index (χ2n) is 6.64. The van der Waals surface area contributed by atoms with Gasteiger partial charge in [-0.1, -0.05) is 0 Å². The van der Waals surface area contributed by atoms with Gasteiger partial charge in [-0.05, 0) is 37.3 Å². The smallest absolute Gasteiger partial charge is 0.239 e. The number of aliphatic hydroxyl groups is 1. The molecule has 3 rings (SSSR count). The van der Waals surface area contributed by atoms with Crippen molar-refractivity contribution in [3.8, 4) is 0 Å². The number of carbonyl (C=O) groups excluding carboxylic acids is 2. The number of hydrogen-bond donors (Lipinski definition) is 1. The number of halogens is 2. The average Bonchev–Trinajstić information content (AvgIpc) is 2.89. The third-order valence-corrected chi connectivity index (χ3v) is 4.84. The summed E-state index contributed by atoms with van der Waals surface area (Å²) in [5.74, 6) is -3.14. The normalized spacial score (nSPS) is 26.4. The zero-order valence-corrected chi connectivity index (χ0v) is 13.4. The molecule has 2 aliphatic rings. The van der Waals surface area contributed by atoms with Gasteiger partial charge in [-0.3, -0.25) is 9.59 Å². The summed E-state index contributed by atoms with van der Waals surface area (Å²) in [6.07, 6.45) is 1.43. The van der Waals surface area contributed by atoms with Gasteiger partial charge >= 0.3 is 0 Å². The molecule has 2 amide bonds. The molecule has 1 atom stereocenters. The molecule has 2 fully saturated rings. The summed E-state index contributed by atoms with van der Waals surface area (Å²) >= 11 is 0. The molecule has 1 aliphatic carbocycles. The van der Waals surface area contributed by atoms with E-state index in [1.54, 1.807) is 7.05 Å². The number of aliphatic hydroxyl groups excluding tert-OH is 1. The molecule has 24 heavy (non-hydrogen) atoms. The number of rotatable bonds is 4. The second-order valence-corrected chi connectivity index (χ2v) is 6.64. The summed E-state index contributed by atoms with van der Waals surface area (Å²) in [6, 6.07) is 3.28. The molecule has 0 spiro atoms. The molecular weight excluding hydrogens is 318 g/mol. The SMILES string of the molecule is CN(CC1CC(O)C1)C(=O)C1CCN(c2ccc(F)c(F)c2)C1=O. The minimum atomic E-state index is -1.02. The van der Waals surface area contributed by atoms with Crippen molar-refractivity contribution in [1.29, 1.82) is 0 Å². The second kappa shape index (κ2) is 6.47. The molecule has 0 bridgehead atoms. The lowest BCUT2D eigenvalue weighted by Crippen LogP contribution is -2.43. The molecule has 1 aromatic rings. The first kappa shape index (κ1) is 16.8. The highest BCUT2D eigenvalue weighted by molar-refractivity contribution is 6.09. The highest BCUT2D eigenvalue weighted by Crippen LogP contribution is 2.30. The number of anilines is 1. The van der Waals surface area contributed by atoms with E-state index in [9.17, 15) is 23.5 Å². The molecule has 1 aliphatic heterocycles. The Morgan fingerprint density at radius 3 is 2.67 bits per heavy atom. The Balaban J connectivity index is 1.64. The molecule has 0 aromatic heterocycles. The standard InChI is InChI=1S/C17H20F2N2O3/c1-20(9-10-6-12(22)7-10)16(23)13-4-5-21(17(13)24)11-2-3-14(18)15(19)8-11/h2-3,8,10,12-13,22H,4-7,9H2,1H3. The van der Waals surface area contributed by atoms with Gasteiger partial charge in [0.2, 0.25) is 11.8 Å². The summed E-state index contributed by atoms with van der Waals surface area (Å²) in [5, 5.41) is 9.30. The quantitative estimate of drug-likeness (QED) is 0.848. The van der Waals surface area contributed by atoms with Gasteiger partial charge in [-0.15, -0.1) is 0 Å². The van der Waals surface area contributed by atoms with Crippen molar-refractivity contribution in [3.63, 3.8) is 0 Å². The van der Waals surface area contributed by atoms with E-state index in [2.05, 4.69) is 0 Å². The lowest BCUT2D eigenvalue weighted by molar-refractivity contribution is -0.140. The van der Waals surface area contributed by atoms with Crippen molar-refractivity contribution in [1.82, 2.24) is 4.90 Å². The molecular formula is C17H20F2N2O3. The van der Waals surface area contributed by atoms with Crippen LogP contribution in [0.4, 0.5) is 14.5 Å². The molecule has 7 heteroatoms. The largest absolute Gasteiger partial charge is 0.393 e. The van der Waals surface area contributed by atoms with Gasteiger partial charge in [0.05, 0.1) is 6.10 Å². The van der Waals surface area contributed by atoms with Crippen molar-refractivity contribution in [2.45, 2.75) is 25.4 Å². The van der Waals surface area contributed by atoms with Gasteiger partial charge in [-0.25, -0.2) is 8.78 Å². The fourth-order valence-corrected chi connectivity index (χ4v) is 3.41. The van der Waals surface area contributed by atoms with Crippen molar-refractivity contribution in [2.75, 3.05) is 25.0 Å². The Morgan fingerprint density at radius 2 is 2.04 bits per heavy atom. The van der Waals surface area contributed by atoms with Crippen LogP contribution in [0.3, 0.4) is 0 Å². The minimum Gasteiger partial charge on any atom is -0.393 e. The first-order valence-corrected chi connectivity index (χ1v) is 8.06. The fraction of sp³-hybridized carbons (Fsp3) is 0.529. The highest BCUT2D eigenvalue weighted by atomic mass is 19.2. The van der Waals surface area contributed by atoms with E-state index in [1.807, 2.05) is 0 Å². The van der Waals surface area contributed by atoms with Gasteiger partial charge in [0.25, 0.3) is 0 Å². The Bertz CT molecular complexity index is 661. The van der Waals surface area contributed by atoms with E-state index in [1.165, 1.54) is 15.9 Å². The number of nitrogens with zero attached hydrogens (tertiary/aromatic N) is 2. The van der Waals surface area contributed by atoms with E-state index < -0.39 is 17.6 Å². The Morgan fingerprint density at radius 1 is 1.33 bits per heavy atom.